The third kappa shape index (κ3) is 9.96. The Morgan fingerprint density at radius 1 is 0.983 bits per heavy atom. The van der Waals surface area contributed by atoms with Crippen LogP contribution in [0.3, 0.4) is 0 Å². The van der Waals surface area contributed by atoms with Gasteiger partial charge in [-0.1, -0.05) is 41.5 Å². The van der Waals surface area contributed by atoms with Gasteiger partial charge in [0, 0.05) is 74.1 Å². The van der Waals surface area contributed by atoms with E-state index in [0.29, 0.717) is 32.4 Å². The number of carbonyl (C=O) groups excluding carboxylic acids is 4. The smallest absolute Gasteiger partial charge is 0.410 e. The number of fused-ring (bicyclic) bond motifs is 1. The number of imidazole rings is 1. The van der Waals surface area contributed by atoms with Crippen LogP contribution in [-0.4, -0.2) is 135 Å². The molecule has 4 unspecified atom stereocenters. The molecule has 60 heavy (non-hydrogen) atoms. The third-order valence-electron chi connectivity index (χ3n) is 13.4. The number of aromatic nitrogens is 3. The number of unbranched alkanes of at least 4 members (excludes halogenated alkanes) is 1. The standard InChI is InChI=1S/C45H69N5O10/c1-12-36-45(13-2)41(50(44(55)60-45)20-15-14-19-49-24-33(47-25-49)32-17-16-18-46-23-32)30(7)37(51)26(3)21-35(56-11)28(5)40(29(6)38(52)31(8)42(54)58-36)59-43-39(53)34(48(9)10)22-27(4)57-43/h16-18,23-31,34-36,39-41,43,53H,12-15,19-22H2,1-11H3/t26-,27-,28?,29+,30+,31-,34?,35-,36?,39-,40+,41?,43+,45-/m1/s1. The number of aliphatic hydroxyl groups excluding tert-OH is 1. The Bertz CT molecular complexity index is 1760. The highest BCUT2D eigenvalue weighted by molar-refractivity contribution is 6.00. The third-order valence-corrected chi connectivity index (χ3v) is 13.4. The first-order valence-electron chi connectivity index (χ1n) is 21.9. The van der Waals surface area contributed by atoms with Crippen LogP contribution in [0.25, 0.3) is 11.3 Å². The molecule has 0 saturated carbocycles. The van der Waals surface area contributed by atoms with E-state index in [9.17, 15) is 24.3 Å². The lowest BCUT2D eigenvalue weighted by Crippen LogP contribution is -2.59. The average molecular weight is 840 g/mol. The molecule has 15 heteroatoms. The van der Waals surface area contributed by atoms with E-state index in [1.54, 1.807) is 37.7 Å². The monoisotopic (exact) mass is 840 g/mol. The van der Waals surface area contributed by atoms with Crippen LogP contribution in [-0.2, 0) is 44.6 Å². The molecule has 3 fully saturated rings. The summed E-state index contributed by atoms with van der Waals surface area (Å²) in [6.07, 6.45) is 4.77. The van der Waals surface area contributed by atoms with Gasteiger partial charge in [-0.05, 0) is 78.6 Å². The van der Waals surface area contributed by atoms with Gasteiger partial charge in [-0.15, -0.1) is 0 Å². The number of esters is 1. The maximum atomic E-state index is 14.7. The number of methoxy groups -OCH3 is 1. The Kier molecular flexibility index (Phi) is 16.1. The zero-order chi connectivity index (χ0) is 44.1. The van der Waals surface area contributed by atoms with E-state index in [-0.39, 0.29) is 30.8 Å². The molecule has 2 aromatic rings. The van der Waals surface area contributed by atoms with Gasteiger partial charge in [-0.3, -0.25) is 19.4 Å². The number of carbonyl (C=O) groups is 4. The van der Waals surface area contributed by atoms with Crippen LogP contribution < -0.4 is 0 Å². The fraction of sp³-hybridized carbons (Fsp3) is 0.733. The summed E-state index contributed by atoms with van der Waals surface area (Å²) in [6, 6.07) is 2.82. The molecule has 0 aromatic carbocycles. The summed E-state index contributed by atoms with van der Waals surface area (Å²) in [5.74, 6) is -5.05. The van der Waals surface area contributed by atoms with Crippen LogP contribution in [0.5, 0.6) is 0 Å². The number of hydrogen-bond acceptors (Lipinski definition) is 13. The number of likely N-dealkylation sites (N-methyl/N-ethyl adjacent to an activating group) is 1. The van der Waals surface area contributed by atoms with E-state index in [0.717, 1.165) is 17.7 Å². The maximum absolute atomic E-state index is 14.7. The molecule has 3 aliphatic heterocycles. The molecule has 0 bridgehead atoms. The number of rotatable bonds is 12. The van der Waals surface area contributed by atoms with Crippen molar-refractivity contribution in [3.63, 3.8) is 0 Å². The Morgan fingerprint density at radius 3 is 2.33 bits per heavy atom. The van der Waals surface area contributed by atoms with Crippen molar-refractivity contribution in [2.24, 2.45) is 29.6 Å². The number of ether oxygens (including phenoxy) is 5. The number of hydrogen-bond donors (Lipinski definition) is 1. The Balaban J connectivity index is 1.44. The molecule has 1 N–H and O–H groups in total. The minimum atomic E-state index is -1.36. The van der Waals surface area contributed by atoms with Crippen molar-refractivity contribution in [1.29, 1.82) is 0 Å². The van der Waals surface area contributed by atoms with E-state index in [2.05, 4.69) is 9.97 Å². The predicted octanol–water partition coefficient (Wildman–Crippen LogP) is 5.57. The number of cyclic esters (lactones) is 1. The lowest BCUT2D eigenvalue weighted by Gasteiger charge is -2.44. The topological polar surface area (TPSA) is 172 Å². The second-order valence-corrected chi connectivity index (χ2v) is 17.6. The molecule has 0 radical (unpaired) electrons. The van der Waals surface area contributed by atoms with Gasteiger partial charge in [0.15, 0.2) is 17.7 Å². The van der Waals surface area contributed by atoms with Crippen molar-refractivity contribution >= 4 is 23.6 Å². The summed E-state index contributed by atoms with van der Waals surface area (Å²) in [4.78, 5) is 69.5. The minimum Gasteiger partial charge on any atom is -0.457 e. The average Bonchev–Trinajstić information content (AvgIpc) is 3.83. The number of aliphatic hydroxyl groups is 1. The molecule has 3 aliphatic rings. The molecule has 5 rings (SSSR count). The largest absolute Gasteiger partial charge is 0.457 e. The van der Waals surface area contributed by atoms with Crippen LogP contribution in [0.4, 0.5) is 4.79 Å². The van der Waals surface area contributed by atoms with Gasteiger partial charge in [-0.2, -0.15) is 0 Å². The number of pyridine rings is 1. The van der Waals surface area contributed by atoms with Crippen molar-refractivity contribution < 1.29 is 48.0 Å². The summed E-state index contributed by atoms with van der Waals surface area (Å²) in [5, 5.41) is 11.4. The van der Waals surface area contributed by atoms with E-state index >= 15 is 0 Å². The van der Waals surface area contributed by atoms with Crippen LogP contribution in [0.15, 0.2) is 37.1 Å². The first-order valence-corrected chi connectivity index (χ1v) is 21.9. The summed E-state index contributed by atoms with van der Waals surface area (Å²) in [6.45, 7) is 15.4. The van der Waals surface area contributed by atoms with Gasteiger partial charge < -0.3 is 43.2 Å². The van der Waals surface area contributed by atoms with Gasteiger partial charge in [0.05, 0.1) is 36.4 Å². The molecule has 3 saturated heterocycles. The van der Waals surface area contributed by atoms with Gasteiger partial charge in [0.1, 0.15) is 23.9 Å². The molecule has 5 heterocycles. The molecule has 334 valence electrons. The lowest BCUT2D eigenvalue weighted by molar-refractivity contribution is -0.281. The normalized spacial score (nSPS) is 36.1. The Morgan fingerprint density at radius 2 is 1.70 bits per heavy atom. The summed E-state index contributed by atoms with van der Waals surface area (Å²) in [7, 11) is 5.34. The second kappa shape index (κ2) is 20.4. The zero-order valence-corrected chi connectivity index (χ0v) is 37.5. The number of ketones is 2. The summed E-state index contributed by atoms with van der Waals surface area (Å²) in [5.41, 5.74) is 0.381. The number of aryl methyl sites for hydroxylation is 1. The van der Waals surface area contributed by atoms with E-state index in [1.807, 2.05) is 83.4 Å². The van der Waals surface area contributed by atoms with Gasteiger partial charge in [0.25, 0.3) is 0 Å². The van der Waals surface area contributed by atoms with E-state index < -0.39 is 89.8 Å². The van der Waals surface area contributed by atoms with Crippen molar-refractivity contribution in [2.45, 2.75) is 155 Å². The number of Topliss-reactive ketones (excluding diaryl/α,β-unsaturated/α-hetero) is 2. The van der Waals surface area contributed by atoms with Crippen molar-refractivity contribution in [1.82, 2.24) is 24.3 Å². The van der Waals surface area contributed by atoms with Gasteiger partial charge in [-0.25, -0.2) is 9.78 Å². The number of nitrogens with zero attached hydrogens (tertiary/aromatic N) is 5. The molecule has 14 atom stereocenters. The Labute approximate surface area is 355 Å². The highest BCUT2D eigenvalue weighted by atomic mass is 16.7. The van der Waals surface area contributed by atoms with E-state index in [1.165, 1.54) is 6.92 Å². The molecule has 0 spiro atoms. The minimum absolute atomic E-state index is 0.0866. The molecule has 0 aliphatic carbocycles. The summed E-state index contributed by atoms with van der Waals surface area (Å²) < 4.78 is 33.4. The van der Waals surface area contributed by atoms with E-state index in [4.69, 9.17) is 23.7 Å². The molecular weight excluding hydrogens is 771 g/mol. The summed E-state index contributed by atoms with van der Waals surface area (Å²) >= 11 is 0. The maximum Gasteiger partial charge on any atom is 0.410 e. The highest BCUT2D eigenvalue weighted by Crippen LogP contribution is 2.44. The highest BCUT2D eigenvalue weighted by Gasteiger charge is 2.61. The zero-order valence-electron chi connectivity index (χ0n) is 37.5. The van der Waals surface area contributed by atoms with Crippen LogP contribution in [0, 0.1) is 29.6 Å². The molecule has 15 nitrogen and oxygen atoms in total. The van der Waals surface area contributed by atoms with Crippen LogP contribution >= 0.6 is 0 Å². The Hall–Kier alpha value is -3.76. The van der Waals surface area contributed by atoms with Crippen molar-refractivity contribution in [2.75, 3.05) is 27.7 Å². The van der Waals surface area contributed by atoms with Crippen LogP contribution in [0.2, 0.25) is 0 Å². The molecule has 1 amide bonds. The fourth-order valence-electron chi connectivity index (χ4n) is 9.83. The van der Waals surface area contributed by atoms with Crippen molar-refractivity contribution in [3.05, 3.63) is 37.1 Å². The quantitative estimate of drug-likeness (QED) is 0.160. The fourth-order valence-corrected chi connectivity index (χ4v) is 9.83. The lowest BCUT2D eigenvalue weighted by atomic mass is 9.74. The van der Waals surface area contributed by atoms with Gasteiger partial charge in [0.2, 0.25) is 0 Å². The van der Waals surface area contributed by atoms with Gasteiger partial charge >= 0.3 is 12.1 Å². The second-order valence-electron chi connectivity index (χ2n) is 17.6. The van der Waals surface area contributed by atoms with Crippen molar-refractivity contribution in [3.8, 4) is 11.3 Å². The number of amides is 1. The first kappa shape index (κ1) is 47.3. The predicted molar refractivity (Wildman–Crippen MR) is 223 cm³/mol. The van der Waals surface area contributed by atoms with Crippen LogP contribution in [0.1, 0.15) is 93.9 Å². The SMILES string of the molecule is CCC1OC(=O)[C@H](C)C(=O)[C@H](C)[C@@H](O[C@@H]2O[C@H](C)CC(N(C)C)[C@H]2O)C(C)[C@H](OC)C[C@@H](C)C(=O)[C@H](C)C2N(CCCCn3cnc(-c4cccnc4)c3)C(=O)O[C@]12CC. The molecule has 2 aromatic heterocycles. The molecular formula is C45H69N5O10. The first-order chi connectivity index (χ1) is 28.5.